The molecule has 2 aromatic rings. The van der Waals surface area contributed by atoms with Crippen molar-refractivity contribution in [1.82, 2.24) is 5.43 Å². The molecule has 3 N–H and O–H groups in total. The van der Waals surface area contributed by atoms with Gasteiger partial charge in [0.25, 0.3) is 0 Å². The number of halogens is 1. The second-order valence-electron chi connectivity index (χ2n) is 5.43. The van der Waals surface area contributed by atoms with Gasteiger partial charge in [0.15, 0.2) is 0 Å². The Bertz CT molecular complexity index is 610. The molecule has 0 bridgehead atoms. The summed E-state index contributed by atoms with van der Waals surface area (Å²) in [6.45, 7) is 0. The van der Waals surface area contributed by atoms with Crippen molar-refractivity contribution >= 4 is 11.6 Å². The zero-order chi connectivity index (χ0) is 13.9. The van der Waals surface area contributed by atoms with E-state index in [1.165, 1.54) is 36.0 Å². The first-order valence-electron chi connectivity index (χ1n) is 7.08. The van der Waals surface area contributed by atoms with E-state index >= 15 is 0 Å². The molecule has 0 heterocycles. The van der Waals surface area contributed by atoms with Crippen LogP contribution in [0.2, 0.25) is 5.02 Å². The third-order valence-corrected chi connectivity index (χ3v) is 4.29. The van der Waals surface area contributed by atoms with Crippen LogP contribution in [0.3, 0.4) is 0 Å². The molecule has 0 aromatic heterocycles. The first-order valence-corrected chi connectivity index (χ1v) is 7.46. The number of hydrogen-bond donors (Lipinski definition) is 2. The van der Waals surface area contributed by atoms with Gasteiger partial charge in [0.05, 0.1) is 6.04 Å². The third kappa shape index (κ3) is 2.88. The fraction of sp³-hybridized carbons (Fsp3) is 0.294. The Balaban J connectivity index is 1.81. The SMILES string of the molecule is NNC(Cc1ccc2c(c1)CCC2)c1cccc(Cl)c1. The molecule has 1 aliphatic carbocycles. The highest BCUT2D eigenvalue weighted by Crippen LogP contribution is 2.26. The molecular weight excluding hydrogens is 268 g/mol. The monoisotopic (exact) mass is 286 g/mol. The molecule has 0 saturated heterocycles. The number of rotatable bonds is 4. The van der Waals surface area contributed by atoms with E-state index in [-0.39, 0.29) is 6.04 Å². The minimum absolute atomic E-state index is 0.0909. The number of nitrogens with one attached hydrogen (secondary N) is 1. The van der Waals surface area contributed by atoms with Gasteiger partial charge in [-0.1, -0.05) is 41.9 Å². The highest BCUT2D eigenvalue weighted by Gasteiger charge is 2.14. The molecular formula is C17H19ClN2. The van der Waals surface area contributed by atoms with E-state index in [9.17, 15) is 0 Å². The summed E-state index contributed by atoms with van der Waals surface area (Å²) in [5, 5.41) is 0.747. The molecule has 2 aromatic carbocycles. The van der Waals surface area contributed by atoms with Gasteiger partial charge in [-0.2, -0.15) is 0 Å². The lowest BCUT2D eigenvalue weighted by Crippen LogP contribution is -2.29. The maximum Gasteiger partial charge on any atom is 0.0500 e. The van der Waals surface area contributed by atoms with Crippen molar-refractivity contribution in [2.45, 2.75) is 31.7 Å². The number of fused-ring (bicyclic) bond motifs is 1. The fourth-order valence-electron chi connectivity index (χ4n) is 2.98. The van der Waals surface area contributed by atoms with Gasteiger partial charge in [-0.25, -0.2) is 0 Å². The average Bonchev–Trinajstić information content (AvgIpc) is 2.92. The van der Waals surface area contributed by atoms with Crippen LogP contribution in [0.5, 0.6) is 0 Å². The molecule has 0 radical (unpaired) electrons. The Labute approximate surface area is 124 Å². The van der Waals surface area contributed by atoms with E-state index in [1.807, 2.05) is 18.2 Å². The second kappa shape index (κ2) is 5.96. The molecule has 1 atom stereocenters. The summed E-state index contributed by atoms with van der Waals surface area (Å²) in [6, 6.07) is 14.8. The standard InChI is InChI=1S/C17H19ClN2/c18-16-6-2-5-15(11-16)17(20-19)10-12-7-8-13-3-1-4-14(13)9-12/h2,5-9,11,17,20H,1,3-4,10,19H2. The van der Waals surface area contributed by atoms with Gasteiger partial charge in [0.1, 0.15) is 0 Å². The largest absolute Gasteiger partial charge is 0.271 e. The van der Waals surface area contributed by atoms with Crippen molar-refractivity contribution in [3.05, 3.63) is 69.7 Å². The van der Waals surface area contributed by atoms with Crippen molar-refractivity contribution in [2.24, 2.45) is 5.84 Å². The third-order valence-electron chi connectivity index (χ3n) is 4.05. The lowest BCUT2D eigenvalue weighted by molar-refractivity contribution is 0.552. The van der Waals surface area contributed by atoms with E-state index in [0.717, 1.165) is 17.0 Å². The van der Waals surface area contributed by atoms with Crippen LogP contribution in [-0.2, 0) is 19.3 Å². The molecule has 0 amide bonds. The highest BCUT2D eigenvalue weighted by molar-refractivity contribution is 6.30. The Morgan fingerprint density at radius 2 is 1.95 bits per heavy atom. The molecule has 0 saturated carbocycles. The van der Waals surface area contributed by atoms with Gasteiger partial charge < -0.3 is 0 Å². The molecule has 1 aliphatic rings. The lowest BCUT2D eigenvalue weighted by atomic mass is 9.97. The summed E-state index contributed by atoms with van der Waals surface area (Å²) in [7, 11) is 0. The maximum atomic E-state index is 6.06. The van der Waals surface area contributed by atoms with Crippen molar-refractivity contribution < 1.29 is 0 Å². The quantitative estimate of drug-likeness (QED) is 0.666. The Morgan fingerprint density at radius 3 is 2.75 bits per heavy atom. The predicted molar refractivity (Wildman–Crippen MR) is 83.7 cm³/mol. The molecule has 2 nitrogen and oxygen atoms in total. The second-order valence-corrected chi connectivity index (χ2v) is 5.87. The van der Waals surface area contributed by atoms with E-state index in [2.05, 4.69) is 29.7 Å². The van der Waals surface area contributed by atoms with Crippen LogP contribution in [0, 0.1) is 0 Å². The zero-order valence-corrected chi connectivity index (χ0v) is 12.2. The lowest BCUT2D eigenvalue weighted by Gasteiger charge is -2.17. The molecule has 0 spiro atoms. The summed E-state index contributed by atoms with van der Waals surface area (Å²) in [6.07, 6.45) is 4.60. The Kier molecular flexibility index (Phi) is 4.06. The first-order chi connectivity index (χ1) is 9.76. The van der Waals surface area contributed by atoms with Gasteiger partial charge in [0, 0.05) is 5.02 Å². The number of aryl methyl sites for hydroxylation is 2. The fourth-order valence-corrected chi connectivity index (χ4v) is 3.18. The van der Waals surface area contributed by atoms with Crippen molar-refractivity contribution in [2.75, 3.05) is 0 Å². The molecule has 3 rings (SSSR count). The van der Waals surface area contributed by atoms with E-state index < -0.39 is 0 Å². The van der Waals surface area contributed by atoms with Crippen molar-refractivity contribution in [1.29, 1.82) is 0 Å². The first kappa shape index (κ1) is 13.6. The molecule has 1 unspecified atom stereocenters. The molecule has 0 fully saturated rings. The van der Waals surface area contributed by atoms with Crippen LogP contribution < -0.4 is 11.3 Å². The van der Waals surface area contributed by atoms with Crippen LogP contribution in [0.25, 0.3) is 0 Å². The van der Waals surface area contributed by atoms with Gasteiger partial charge in [-0.05, 0) is 60.1 Å². The summed E-state index contributed by atoms with van der Waals surface area (Å²) in [5.41, 5.74) is 8.37. The van der Waals surface area contributed by atoms with Gasteiger partial charge in [-0.3, -0.25) is 11.3 Å². The number of hydrogen-bond acceptors (Lipinski definition) is 2. The van der Waals surface area contributed by atoms with Gasteiger partial charge in [0.2, 0.25) is 0 Å². The van der Waals surface area contributed by atoms with E-state index in [0.29, 0.717) is 0 Å². The minimum atomic E-state index is 0.0909. The number of hydrazine groups is 1. The molecule has 3 heteroatoms. The maximum absolute atomic E-state index is 6.06. The van der Waals surface area contributed by atoms with Gasteiger partial charge in [-0.15, -0.1) is 0 Å². The predicted octanol–water partition coefficient (Wildman–Crippen LogP) is 3.58. The normalized spacial score (nSPS) is 15.1. The Hall–Kier alpha value is -1.35. The van der Waals surface area contributed by atoms with Crippen molar-refractivity contribution in [3.63, 3.8) is 0 Å². The molecule has 20 heavy (non-hydrogen) atoms. The van der Waals surface area contributed by atoms with Gasteiger partial charge >= 0.3 is 0 Å². The van der Waals surface area contributed by atoms with Crippen LogP contribution in [0.1, 0.15) is 34.7 Å². The highest BCUT2D eigenvalue weighted by atomic mass is 35.5. The van der Waals surface area contributed by atoms with E-state index in [1.54, 1.807) is 0 Å². The number of nitrogens with two attached hydrogens (primary N) is 1. The average molecular weight is 287 g/mol. The van der Waals surface area contributed by atoms with Crippen LogP contribution >= 0.6 is 11.6 Å². The summed E-state index contributed by atoms with van der Waals surface area (Å²) < 4.78 is 0. The zero-order valence-electron chi connectivity index (χ0n) is 11.4. The topological polar surface area (TPSA) is 38.0 Å². The number of benzene rings is 2. The summed E-state index contributed by atoms with van der Waals surface area (Å²) in [5.74, 6) is 5.72. The van der Waals surface area contributed by atoms with Crippen molar-refractivity contribution in [3.8, 4) is 0 Å². The minimum Gasteiger partial charge on any atom is -0.271 e. The van der Waals surface area contributed by atoms with Crippen LogP contribution in [0.4, 0.5) is 0 Å². The van der Waals surface area contributed by atoms with E-state index in [4.69, 9.17) is 17.4 Å². The Morgan fingerprint density at radius 1 is 1.10 bits per heavy atom. The van der Waals surface area contributed by atoms with Crippen LogP contribution in [-0.4, -0.2) is 0 Å². The molecule has 104 valence electrons. The molecule has 0 aliphatic heterocycles. The van der Waals surface area contributed by atoms with Crippen LogP contribution in [0.15, 0.2) is 42.5 Å². The summed E-state index contributed by atoms with van der Waals surface area (Å²) in [4.78, 5) is 0. The smallest absolute Gasteiger partial charge is 0.0500 e. The summed E-state index contributed by atoms with van der Waals surface area (Å²) >= 11 is 6.06.